The van der Waals surface area contributed by atoms with Crippen LogP contribution in [0, 0.1) is 13.8 Å². The Bertz CT molecular complexity index is 787. The number of hydrogen-bond acceptors (Lipinski definition) is 3. The van der Waals surface area contributed by atoms with E-state index in [9.17, 15) is 9.59 Å². The molecule has 1 aromatic heterocycles. The number of amides is 1. The predicted molar refractivity (Wildman–Crippen MR) is 92.0 cm³/mol. The molecular formula is C16H17Cl2N3O3. The SMILES string of the molecule is Cc1nn(-c2ccc(Cl)cc2Cl)c(C)c1CC(=O)NCCC(=O)O. The number of carboxylic acid groups (broad SMARTS) is 1. The molecule has 0 unspecified atom stereocenters. The molecule has 0 bridgehead atoms. The first kappa shape index (κ1) is 18.3. The van der Waals surface area contributed by atoms with Gasteiger partial charge in [-0.15, -0.1) is 0 Å². The largest absolute Gasteiger partial charge is 0.481 e. The lowest BCUT2D eigenvalue weighted by Gasteiger charge is -2.08. The summed E-state index contributed by atoms with van der Waals surface area (Å²) in [6, 6.07) is 5.12. The third kappa shape index (κ3) is 4.27. The smallest absolute Gasteiger partial charge is 0.305 e. The summed E-state index contributed by atoms with van der Waals surface area (Å²) >= 11 is 12.1. The average Bonchev–Trinajstić information content (AvgIpc) is 2.75. The number of carbonyl (C=O) groups is 2. The van der Waals surface area contributed by atoms with Crippen LogP contribution in [0.5, 0.6) is 0 Å². The molecule has 0 saturated carbocycles. The van der Waals surface area contributed by atoms with Crippen LogP contribution < -0.4 is 5.32 Å². The molecule has 128 valence electrons. The standard InChI is InChI=1S/C16H17Cl2N3O3/c1-9-12(8-15(22)19-6-5-16(23)24)10(2)21(20-9)14-4-3-11(17)7-13(14)18/h3-4,7H,5-6,8H2,1-2H3,(H,19,22)(H,23,24). The summed E-state index contributed by atoms with van der Waals surface area (Å²) in [5, 5.41) is 16.6. The molecule has 1 aromatic carbocycles. The zero-order valence-corrected chi connectivity index (χ0v) is 14.8. The highest BCUT2D eigenvalue weighted by molar-refractivity contribution is 6.35. The summed E-state index contributed by atoms with van der Waals surface area (Å²) in [4.78, 5) is 22.4. The van der Waals surface area contributed by atoms with Gasteiger partial charge in [0.1, 0.15) is 0 Å². The van der Waals surface area contributed by atoms with E-state index in [1.165, 1.54) is 0 Å². The molecule has 24 heavy (non-hydrogen) atoms. The minimum Gasteiger partial charge on any atom is -0.481 e. The Hall–Kier alpha value is -2.05. The second-order valence-corrected chi connectivity index (χ2v) is 6.17. The lowest BCUT2D eigenvalue weighted by Crippen LogP contribution is -2.27. The fourth-order valence-electron chi connectivity index (χ4n) is 2.35. The van der Waals surface area contributed by atoms with Gasteiger partial charge in [-0.05, 0) is 32.0 Å². The molecule has 8 heteroatoms. The summed E-state index contributed by atoms with van der Waals surface area (Å²) in [7, 11) is 0. The number of nitrogens with zero attached hydrogens (tertiary/aromatic N) is 2. The van der Waals surface area contributed by atoms with E-state index in [0.29, 0.717) is 21.4 Å². The number of rotatable bonds is 6. The molecule has 0 radical (unpaired) electrons. The number of nitrogens with one attached hydrogen (secondary N) is 1. The van der Waals surface area contributed by atoms with E-state index in [1.807, 2.05) is 13.8 Å². The van der Waals surface area contributed by atoms with Crippen molar-refractivity contribution in [1.29, 1.82) is 0 Å². The highest BCUT2D eigenvalue weighted by Gasteiger charge is 2.17. The van der Waals surface area contributed by atoms with Gasteiger partial charge in [-0.25, -0.2) is 4.68 Å². The van der Waals surface area contributed by atoms with Crippen molar-refractivity contribution < 1.29 is 14.7 Å². The Morgan fingerprint density at radius 2 is 2.00 bits per heavy atom. The predicted octanol–water partition coefficient (Wildman–Crippen LogP) is 2.93. The number of halogens is 2. The Balaban J connectivity index is 2.20. The molecule has 0 aliphatic heterocycles. The molecule has 2 rings (SSSR count). The van der Waals surface area contributed by atoms with Crippen LogP contribution in [0.25, 0.3) is 5.69 Å². The molecule has 0 atom stereocenters. The Morgan fingerprint density at radius 1 is 1.29 bits per heavy atom. The van der Waals surface area contributed by atoms with Crippen LogP contribution in [0.15, 0.2) is 18.2 Å². The maximum atomic E-state index is 12.0. The van der Waals surface area contributed by atoms with Crippen molar-refractivity contribution in [1.82, 2.24) is 15.1 Å². The molecule has 2 N–H and O–H groups in total. The zero-order valence-electron chi connectivity index (χ0n) is 13.3. The quantitative estimate of drug-likeness (QED) is 0.819. The third-order valence-electron chi connectivity index (χ3n) is 3.58. The molecule has 2 aromatic rings. The number of hydrogen-bond donors (Lipinski definition) is 2. The second-order valence-electron chi connectivity index (χ2n) is 5.33. The molecule has 0 saturated heterocycles. The summed E-state index contributed by atoms with van der Waals surface area (Å²) in [5.41, 5.74) is 2.98. The normalized spacial score (nSPS) is 10.7. The highest BCUT2D eigenvalue weighted by Crippen LogP contribution is 2.27. The van der Waals surface area contributed by atoms with Crippen LogP contribution in [-0.2, 0) is 16.0 Å². The number of carbonyl (C=O) groups excluding carboxylic acids is 1. The number of benzene rings is 1. The minimum absolute atomic E-state index is 0.101. The fourth-order valence-corrected chi connectivity index (χ4v) is 2.84. The monoisotopic (exact) mass is 369 g/mol. The number of aryl methyl sites for hydroxylation is 1. The first-order chi connectivity index (χ1) is 11.3. The summed E-state index contributed by atoms with van der Waals surface area (Å²) in [5.74, 6) is -1.20. The van der Waals surface area contributed by atoms with E-state index in [2.05, 4.69) is 10.4 Å². The average molecular weight is 370 g/mol. The Kier molecular flexibility index (Phi) is 5.85. The van der Waals surface area contributed by atoms with Crippen molar-refractivity contribution in [3.63, 3.8) is 0 Å². The van der Waals surface area contributed by atoms with E-state index < -0.39 is 5.97 Å². The molecule has 6 nitrogen and oxygen atoms in total. The van der Waals surface area contributed by atoms with Crippen molar-refractivity contribution in [2.75, 3.05) is 6.54 Å². The molecule has 0 aliphatic rings. The first-order valence-electron chi connectivity index (χ1n) is 7.28. The van der Waals surface area contributed by atoms with Gasteiger partial charge in [0.25, 0.3) is 0 Å². The van der Waals surface area contributed by atoms with Gasteiger partial charge in [0.15, 0.2) is 0 Å². The molecular weight excluding hydrogens is 353 g/mol. The van der Waals surface area contributed by atoms with Crippen molar-refractivity contribution in [2.24, 2.45) is 0 Å². The highest BCUT2D eigenvalue weighted by atomic mass is 35.5. The molecule has 1 heterocycles. The van der Waals surface area contributed by atoms with Crippen molar-refractivity contribution in [3.8, 4) is 5.69 Å². The third-order valence-corrected chi connectivity index (χ3v) is 4.12. The van der Waals surface area contributed by atoms with E-state index in [1.54, 1.807) is 22.9 Å². The number of carboxylic acids is 1. The molecule has 0 fully saturated rings. The maximum Gasteiger partial charge on any atom is 0.305 e. The van der Waals surface area contributed by atoms with Gasteiger partial charge in [-0.2, -0.15) is 5.10 Å². The Labute approximate surface area is 149 Å². The lowest BCUT2D eigenvalue weighted by molar-refractivity contribution is -0.136. The molecule has 0 aliphatic carbocycles. The van der Waals surface area contributed by atoms with Crippen molar-refractivity contribution in [2.45, 2.75) is 26.7 Å². The van der Waals surface area contributed by atoms with E-state index >= 15 is 0 Å². The van der Waals surface area contributed by atoms with Gasteiger partial charge in [0.05, 0.1) is 29.2 Å². The van der Waals surface area contributed by atoms with Crippen LogP contribution in [0.1, 0.15) is 23.4 Å². The summed E-state index contributed by atoms with van der Waals surface area (Å²) in [6.07, 6.45) is 0.0197. The lowest BCUT2D eigenvalue weighted by atomic mass is 10.1. The minimum atomic E-state index is -0.951. The topological polar surface area (TPSA) is 84.2 Å². The second kappa shape index (κ2) is 7.68. The fraction of sp³-hybridized carbons (Fsp3) is 0.312. The van der Waals surface area contributed by atoms with E-state index in [4.69, 9.17) is 28.3 Å². The number of aliphatic carboxylic acids is 1. The van der Waals surface area contributed by atoms with E-state index in [-0.39, 0.29) is 25.3 Å². The van der Waals surface area contributed by atoms with Crippen molar-refractivity contribution >= 4 is 35.1 Å². The summed E-state index contributed by atoms with van der Waals surface area (Å²) in [6.45, 7) is 3.77. The number of aromatic nitrogens is 2. The van der Waals surface area contributed by atoms with Crippen LogP contribution in [0.2, 0.25) is 10.0 Å². The van der Waals surface area contributed by atoms with Gasteiger partial charge in [0, 0.05) is 22.8 Å². The van der Waals surface area contributed by atoms with Gasteiger partial charge in [0.2, 0.25) is 5.91 Å². The zero-order chi connectivity index (χ0) is 17.9. The van der Waals surface area contributed by atoms with E-state index in [0.717, 1.165) is 11.3 Å². The maximum absolute atomic E-state index is 12.0. The van der Waals surface area contributed by atoms with Crippen LogP contribution in [0.3, 0.4) is 0 Å². The van der Waals surface area contributed by atoms with Crippen molar-refractivity contribution in [3.05, 3.63) is 45.2 Å². The Morgan fingerprint density at radius 3 is 2.62 bits per heavy atom. The van der Waals surface area contributed by atoms with Crippen LogP contribution >= 0.6 is 23.2 Å². The van der Waals surface area contributed by atoms with Gasteiger partial charge in [-0.1, -0.05) is 23.2 Å². The first-order valence-corrected chi connectivity index (χ1v) is 8.04. The molecule has 1 amide bonds. The van der Waals surface area contributed by atoms with Crippen LogP contribution in [0.4, 0.5) is 0 Å². The van der Waals surface area contributed by atoms with Gasteiger partial charge < -0.3 is 10.4 Å². The van der Waals surface area contributed by atoms with Crippen LogP contribution in [-0.4, -0.2) is 33.3 Å². The van der Waals surface area contributed by atoms with Gasteiger partial charge >= 0.3 is 5.97 Å². The summed E-state index contributed by atoms with van der Waals surface area (Å²) < 4.78 is 1.67. The van der Waals surface area contributed by atoms with Gasteiger partial charge in [-0.3, -0.25) is 9.59 Å². The molecule has 0 spiro atoms.